The number of hydrogen-bond acceptors (Lipinski definition) is 3. The van der Waals surface area contributed by atoms with Gasteiger partial charge in [-0.25, -0.2) is 0 Å². The molecular weight excluding hydrogens is 320 g/mol. The highest BCUT2D eigenvalue weighted by molar-refractivity contribution is 5.43. The first kappa shape index (κ1) is 20.2. The third-order valence-electron chi connectivity index (χ3n) is 4.39. The van der Waals surface area contributed by atoms with Gasteiger partial charge in [-0.15, -0.1) is 0 Å². The molecule has 3 nitrogen and oxygen atoms in total. The van der Waals surface area contributed by atoms with Gasteiger partial charge in [0.25, 0.3) is 0 Å². The maximum Gasteiger partial charge on any atom is 0.119 e. The lowest BCUT2D eigenvalue weighted by Gasteiger charge is -2.06. The van der Waals surface area contributed by atoms with E-state index in [9.17, 15) is 0 Å². The number of ether oxygens (including phenoxy) is 1. The summed E-state index contributed by atoms with van der Waals surface area (Å²) in [6, 6.07) is 16.2. The first-order valence-corrected chi connectivity index (χ1v) is 10.1. The van der Waals surface area contributed by atoms with Gasteiger partial charge >= 0.3 is 0 Å². The van der Waals surface area contributed by atoms with Crippen LogP contribution in [0.25, 0.3) is 0 Å². The number of nitrogens with zero attached hydrogens (tertiary/aromatic N) is 2. The van der Waals surface area contributed by atoms with E-state index in [0.29, 0.717) is 0 Å². The van der Waals surface area contributed by atoms with Crippen molar-refractivity contribution in [1.29, 1.82) is 0 Å². The highest BCUT2D eigenvalue weighted by Crippen LogP contribution is 2.22. The number of azo groups is 1. The molecule has 0 aliphatic heterocycles. The number of aryl methyl sites for hydroxylation is 1. The standard InChI is InChI=1S/C23H32N2O/c1-3-5-7-8-9-19-26-23-17-15-22(16-18-23)25-24-21-13-11-20(12-14-21)10-6-4-2/h11-18H,3-10,19H2,1-2H3/b25-24+. The average Bonchev–Trinajstić information content (AvgIpc) is 2.69. The molecule has 0 aliphatic rings. The van der Waals surface area contributed by atoms with Crippen molar-refractivity contribution in [1.82, 2.24) is 0 Å². The summed E-state index contributed by atoms with van der Waals surface area (Å²) in [5.41, 5.74) is 3.09. The molecule has 0 aliphatic carbocycles. The molecule has 0 N–H and O–H groups in total. The van der Waals surface area contributed by atoms with Crippen LogP contribution in [0.15, 0.2) is 58.8 Å². The molecule has 0 fully saturated rings. The van der Waals surface area contributed by atoms with E-state index >= 15 is 0 Å². The SMILES string of the molecule is CCCCCCCOc1ccc(/N=N/c2ccc(CCCC)cc2)cc1. The minimum Gasteiger partial charge on any atom is -0.494 e. The Labute approximate surface area is 158 Å². The van der Waals surface area contributed by atoms with Crippen molar-refractivity contribution in [3.05, 3.63) is 54.1 Å². The van der Waals surface area contributed by atoms with Crippen LogP contribution in [-0.4, -0.2) is 6.61 Å². The lowest BCUT2D eigenvalue weighted by Crippen LogP contribution is -1.96. The maximum atomic E-state index is 5.78. The molecule has 0 amide bonds. The summed E-state index contributed by atoms with van der Waals surface area (Å²) in [6.07, 6.45) is 9.86. The van der Waals surface area contributed by atoms with E-state index in [2.05, 4.69) is 36.2 Å². The molecule has 0 spiro atoms. The lowest BCUT2D eigenvalue weighted by atomic mass is 10.1. The smallest absolute Gasteiger partial charge is 0.119 e. The number of rotatable bonds is 12. The summed E-state index contributed by atoms with van der Waals surface area (Å²) in [7, 11) is 0. The van der Waals surface area contributed by atoms with E-state index < -0.39 is 0 Å². The van der Waals surface area contributed by atoms with Gasteiger partial charge in [0.15, 0.2) is 0 Å². The van der Waals surface area contributed by atoms with Crippen molar-refractivity contribution in [3.63, 3.8) is 0 Å². The zero-order chi connectivity index (χ0) is 18.5. The van der Waals surface area contributed by atoms with Gasteiger partial charge in [0, 0.05) is 0 Å². The number of unbranched alkanes of at least 4 members (excludes halogenated alkanes) is 5. The summed E-state index contributed by atoms with van der Waals surface area (Å²) in [4.78, 5) is 0. The molecule has 140 valence electrons. The third-order valence-corrected chi connectivity index (χ3v) is 4.39. The van der Waals surface area contributed by atoms with Crippen LogP contribution in [0.2, 0.25) is 0 Å². The number of hydrogen-bond donors (Lipinski definition) is 0. The van der Waals surface area contributed by atoms with Crippen LogP contribution in [0.3, 0.4) is 0 Å². The van der Waals surface area contributed by atoms with E-state index in [-0.39, 0.29) is 0 Å². The van der Waals surface area contributed by atoms with Gasteiger partial charge in [-0.2, -0.15) is 10.2 Å². The summed E-state index contributed by atoms with van der Waals surface area (Å²) < 4.78 is 5.78. The summed E-state index contributed by atoms with van der Waals surface area (Å²) in [5.74, 6) is 0.903. The van der Waals surface area contributed by atoms with E-state index in [1.54, 1.807) is 0 Å². The second-order valence-corrected chi connectivity index (χ2v) is 6.73. The summed E-state index contributed by atoms with van der Waals surface area (Å²) in [5, 5.41) is 8.62. The van der Waals surface area contributed by atoms with E-state index in [0.717, 1.165) is 36.6 Å². The lowest BCUT2D eigenvalue weighted by molar-refractivity contribution is 0.304. The Morgan fingerprint density at radius 1 is 0.654 bits per heavy atom. The monoisotopic (exact) mass is 352 g/mol. The minimum atomic E-state index is 0.787. The van der Waals surface area contributed by atoms with Gasteiger partial charge < -0.3 is 4.74 Å². The fraction of sp³-hybridized carbons (Fsp3) is 0.478. The molecule has 0 saturated carbocycles. The summed E-state index contributed by atoms with van der Waals surface area (Å²) >= 11 is 0. The Hall–Kier alpha value is -2.16. The van der Waals surface area contributed by atoms with Crippen molar-refractivity contribution in [2.45, 2.75) is 65.2 Å². The Morgan fingerprint density at radius 2 is 1.23 bits per heavy atom. The Kier molecular flexibility index (Phi) is 9.48. The van der Waals surface area contributed by atoms with Crippen molar-refractivity contribution in [3.8, 4) is 5.75 Å². The van der Waals surface area contributed by atoms with Crippen LogP contribution in [0, 0.1) is 0 Å². The Morgan fingerprint density at radius 3 is 1.85 bits per heavy atom. The van der Waals surface area contributed by atoms with Crippen LogP contribution in [0.4, 0.5) is 11.4 Å². The molecule has 0 radical (unpaired) electrons. The quantitative estimate of drug-likeness (QED) is 0.283. The molecule has 0 saturated heterocycles. The zero-order valence-electron chi connectivity index (χ0n) is 16.3. The normalized spacial score (nSPS) is 11.2. The molecule has 0 heterocycles. The molecule has 2 aromatic carbocycles. The van der Waals surface area contributed by atoms with Crippen LogP contribution in [-0.2, 0) is 6.42 Å². The van der Waals surface area contributed by atoms with E-state index in [1.807, 2.05) is 36.4 Å². The molecule has 2 aromatic rings. The second-order valence-electron chi connectivity index (χ2n) is 6.73. The van der Waals surface area contributed by atoms with Crippen molar-refractivity contribution in [2.24, 2.45) is 10.2 Å². The zero-order valence-corrected chi connectivity index (χ0v) is 16.3. The predicted molar refractivity (Wildman–Crippen MR) is 110 cm³/mol. The molecule has 26 heavy (non-hydrogen) atoms. The van der Waals surface area contributed by atoms with E-state index in [4.69, 9.17) is 4.74 Å². The highest BCUT2D eigenvalue weighted by Gasteiger charge is 1.97. The van der Waals surface area contributed by atoms with Crippen molar-refractivity contribution in [2.75, 3.05) is 6.61 Å². The van der Waals surface area contributed by atoms with Crippen LogP contribution >= 0.6 is 0 Å². The van der Waals surface area contributed by atoms with Crippen molar-refractivity contribution >= 4 is 11.4 Å². The molecule has 3 heteroatoms. The maximum absolute atomic E-state index is 5.78. The molecule has 0 aromatic heterocycles. The van der Waals surface area contributed by atoms with Gasteiger partial charge in [-0.05, 0) is 61.2 Å². The predicted octanol–water partition coefficient (Wildman–Crippen LogP) is 7.79. The van der Waals surface area contributed by atoms with Gasteiger partial charge in [0.05, 0.1) is 18.0 Å². The van der Waals surface area contributed by atoms with Crippen molar-refractivity contribution < 1.29 is 4.74 Å². The number of benzene rings is 2. The fourth-order valence-electron chi connectivity index (χ4n) is 2.73. The van der Waals surface area contributed by atoms with Crippen LogP contribution in [0.5, 0.6) is 5.75 Å². The van der Waals surface area contributed by atoms with Crippen LogP contribution < -0.4 is 4.74 Å². The summed E-state index contributed by atoms with van der Waals surface area (Å²) in [6.45, 7) is 5.24. The molecule has 0 bridgehead atoms. The molecule has 0 atom stereocenters. The fourth-order valence-corrected chi connectivity index (χ4v) is 2.73. The first-order valence-electron chi connectivity index (χ1n) is 10.1. The van der Waals surface area contributed by atoms with Gasteiger partial charge in [0.1, 0.15) is 5.75 Å². The van der Waals surface area contributed by atoms with Gasteiger partial charge in [-0.3, -0.25) is 0 Å². The molecule has 0 unspecified atom stereocenters. The minimum absolute atomic E-state index is 0.787. The van der Waals surface area contributed by atoms with Crippen LogP contribution in [0.1, 0.15) is 64.4 Å². The first-order chi connectivity index (χ1) is 12.8. The topological polar surface area (TPSA) is 34.0 Å². The van der Waals surface area contributed by atoms with Gasteiger partial charge in [0.2, 0.25) is 0 Å². The Bertz CT molecular complexity index is 632. The van der Waals surface area contributed by atoms with E-state index in [1.165, 1.54) is 44.1 Å². The highest BCUT2D eigenvalue weighted by atomic mass is 16.5. The third kappa shape index (κ3) is 7.81. The average molecular weight is 353 g/mol. The molecule has 2 rings (SSSR count). The Balaban J connectivity index is 1.76. The van der Waals surface area contributed by atoms with Gasteiger partial charge in [-0.1, -0.05) is 58.1 Å². The largest absolute Gasteiger partial charge is 0.494 e. The molecular formula is C23H32N2O. The second kappa shape index (κ2) is 12.2.